The fourth-order valence-corrected chi connectivity index (χ4v) is 4.28. The van der Waals surface area contributed by atoms with Crippen LogP contribution in [0.5, 0.6) is 0 Å². The molecule has 0 bridgehead atoms. The fraction of sp³-hybridized carbons (Fsp3) is 0.357. The minimum atomic E-state index is -3.66. The summed E-state index contributed by atoms with van der Waals surface area (Å²) in [6, 6.07) is 6.31. The van der Waals surface area contributed by atoms with Gasteiger partial charge in [0.1, 0.15) is 17.3 Å². The number of hydrogen-bond donors (Lipinski definition) is 0. The Morgan fingerprint density at radius 1 is 1.33 bits per heavy atom. The van der Waals surface area contributed by atoms with Gasteiger partial charge in [-0.1, -0.05) is 5.16 Å². The third-order valence-electron chi connectivity index (χ3n) is 3.61. The van der Waals surface area contributed by atoms with Gasteiger partial charge < -0.3 is 4.52 Å². The van der Waals surface area contributed by atoms with Crippen molar-refractivity contribution in [1.82, 2.24) is 9.46 Å². The number of rotatable bonds is 3. The molecule has 1 aliphatic rings. The molecule has 2 aromatic rings. The molecule has 1 aromatic heterocycles. The van der Waals surface area contributed by atoms with Crippen LogP contribution < -0.4 is 0 Å². The number of aryl methyl sites for hydroxylation is 1. The molecule has 1 fully saturated rings. The van der Waals surface area contributed by atoms with Crippen LogP contribution in [0.3, 0.4) is 0 Å². The molecule has 0 unspecified atom stereocenters. The van der Waals surface area contributed by atoms with Gasteiger partial charge in [-0.2, -0.15) is 4.31 Å². The second-order valence-corrected chi connectivity index (χ2v) is 6.98. The van der Waals surface area contributed by atoms with Crippen LogP contribution in [0, 0.1) is 12.7 Å². The maximum atomic E-state index is 13.0. The Labute approximate surface area is 122 Å². The maximum absolute atomic E-state index is 13.0. The van der Waals surface area contributed by atoms with Gasteiger partial charge in [-0.3, -0.25) is 0 Å². The summed E-state index contributed by atoms with van der Waals surface area (Å²) in [6.07, 6.45) is 1.46. The Balaban J connectivity index is 1.96. The predicted molar refractivity (Wildman–Crippen MR) is 73.5 cm³/mol. The van der Waals surface area contributed by atoms with Crippen molar-refractivity contribution in [3.63, 3.8) is 0 Å². The lowest BCUT2D eigenvalue weighted by atomic mass is 10.1. The summed E-state index contributed by atoms with van der Waals surface area (Å²) in [5.74, 6) is 0.190. The molecule has 21 heavy (non-hydrogen) atoms. The molecule has 0 spiro atoms. The van der Waals surface area contributed by atoms with E-state index in [9.17, 15) is 12.8 Å². The maximum Gasteiger partial charge on any atom is 0.243 e. The molecule has 1 atom stereocenters. The molecule has 2 heterocycles. The number of sulfonamides is 1. The van der Waals surface area contributed by atoms with E-state index in [-0.39, 0.29) is 10.9 Å². The zero-order valence-corrected chi connectivity index (χ0v) is 12.3. The summed E-state index contributed by atoms with van der Waals surface area (Å²) in [5.41, 5.74) is 0.621. The van der Waals surface area contributed by atoms with Gasteiger partial charge in [-0.25, -0.2) is 12.8 Å². The number of halogens is 1. The van der Waals surface area contributed by atoms with Gasteiger partial charge in [0.05, 0.1) is 10.9 Å². The summed E-state index contributed by atoms with van der Waals surface area (Å²) in [5, 5.41) is 3.93. The summed E-state index contributed by atoms with van der Waals surface area (Å²) < 4.78 is 44.8. The smallest absolute Gasteiger partial charge is 0.243 e. The van der Waals surface area contributed by atoms with E-state index in [0.717, 1.165) is 18.6 Å². The first-order valence-corrected chi connectivity index (χ1v) is 8.13. The van der Waals surface area contributed by atoms with Crippen LogP contribution in [0.25, 0.3) is 0 Å². The van der Waals surface area contributed by atoms with E-state index in [0.29, 0.717) is 24.4 Å². The number of hydrogen-bond acceptors (Lipinski definition) is 4. The quantitative estimate of drug-likeness (QED) is 0.874. The molecule has 5 nitrogen and oxygen atoms in total. The Kier molecular flexibility index (Phi) is 3.54. The molecular weight excluding hydrogens is 295 g/mol. The molecule has 1 aliphatic heterocycles. The van der Waals surface area contributed by atoms with E-state index in [1.807, 2.05) is 0 Å². The molecule has 0 amide bonds. The molecule has 0 saturated carbocycles. The first-order chi connectivity index (χ1) is 9.98. The largest absolute Gasteiger partial charge is 0.361 e. The van der Waals surface area contributed by atoms with E-state index in [1.54, 1.807) is 13.0 Å². The number of benzene rings is 1. The lowest BCUT2D eigenvalue weighted by molar-refractivity contribution is 0.349. The fourth-order valence-electron chi connectivity index (χ4n) is 2.61. The van der Waals surface area contributed by atoms with Crippen LogP contribution in [-0.4, -0.2) is 24.4 Å². The lowest BCUT2D eigenvalue weighted by Gasteiger charge is -2.22. The van der Waals surface area contributed by atoms with Crippen LogP contribution in [0.2, 0.25) is 0 Å². The normalized spacial score (nSPS) is 20.0. The molecule has 0 radical (unpaired) electrons. The van der Waals surface area contributed by atoms with E-state index in [2.05, 4.69) is 5.16 Å². The van der Waals surface area contributed by atoms with Crippen LogP contribution in [-0.2, 0) is 10.0 Å². The molecule has 3 rings (SSSR count). The second-order valence-electron chi connectivity index (χ2n) is 5.09. The first kappa shape index (κ1) is 14.2. The lowest BCUT2D eigenvalue weighted by Crippen LogP contribution is -2.30. The van der Waals surface area contributed by atoms with Crippen LogP contribution in [0.4, 0.5) is 4.39 Å². The Morgan fingerprint density at radius 3 is 2.67 bits per heavy atom. The van der Waals surface area contributed by atoms with Crippen molar-refractivity contribution in [2.45, 2.75) is 30.7 Å². The molecule has 0 N–H and O–H groups in total. The number of nitrogens with zero attached hydrogens (tertiary/aromatic N) is 2. The third kappa shape index (κ3) is 2.58. The predicted octanol–water partition coefficient (Wildman–Crippen LogP) is 2.65. The average Bonchev–Trinajstić information content (AvgIpc) is 3.07. The average molecular weight is 310 g/mol. The van der Waals surface area contributed by atoms with E-state index >= 15 is 0 Å². The van der Waals surface area contributed by atoms with Gasteiger partial charge in [0.25, 0.3) is 0 Å². The molecule has 1 aromatic carbocycles. The minimum Gasteiger partial charge on any atom is -0.361 e. The highest BCUT2D eigenvalue weighted by Crippen LogP contribution is 2.36. The molecule has 0 aliphatic carbocycles. The van der Waals surface area contributed by atoms with Crippen molar-refractivity contribution in [2.75, 3.05) is 6.54 Å². The van der Waals surface area contributed by atoms with Gasteiger partial charge in [0.15, 0.2) is 0 Å². The summed E-state index contributed by atoms with van der Waals surface area (Å²) in [6.45, 7) is 2.19. The third-order valence-corrected chi connectivity index (χ3v) is 5.53. The summed E-state index contributed by atoms with van der Waals surface area (Å²) in [7, 11) is -3.66. The van der Waals surface area contributed by atoms with E-state index < -0.39 is 15.8 Å². The van der Waals surface area contributed by atoms with Gasteiger partial charge in [-0.05, 0) is 44.0 Å². The van der Waals surface area contributed by atoms with Crippen molar-refractivity contribution >= 4 is 10.0 Å². The number of aromatic nitrogens is 1. The Bertz CT molecular complexity index is 740. The molecular formula is C14H15FN2O3S. The monoisotopic (exact) mass is 310 g/mol. The van der Waals surface area contributed by atoms with Crippen LogP contribution in [0.1, 0.15) is 30.3 Å². The van der Waals surface area contributed by atoms with Crippen molar-refractivity contribution in [3.8, 4) is 0 Å². The van der Waals surface area contributed by atoms with Crippen molar-refractivity contribution in [3.05, 3.63) is 47.6 Å². The van der Waals surface area contributed by atoms with Gasteiger partial charge >= 0.3 is 0 Å². The van der Waals surface area contributed by atoms with E-state index in [1.165, 1.54) is 16.4 Å². The highest BCUT2D eigenvalue weighted by Gasteiger charge is 2.37. The van der Waals surface area contributed by atoms with Crippen LogP contribution >= 0.6 is 0 Å². The zero-order valence-electron chi connectivity index (χ0n) is 11.5. The highest BCUT2D eigenvalue weighted by molar-refractivity contribution is 7.89. The standard InChI is InChI=1S/C14H15FN2O3S/c1-10-9-13(16-20-10)14-3-2-8-17(14)21(18,19)12-6-4-11(15)5-7-12/h4-7,9,14H,2-3,8H2,1H3/t14-/m1/s1. The van der Waals surface area contributed by atoms with E-state index in [4.69, 9.17) is 4.52 Å². The molecule has 7 heteroatoms. The topological polar surface area (TPSA) is 63.4 Å². The van der Waals surface area contributed by atoms with Gasteiger partial charge in [0.2, 0.25) is 10.0 Å². The van der Waals surface area contributed by atoms with Gasteiger partial charge in [-0.15, -0.1) is 0 Å². The van der Waals surface area contributed by atoms with Crippen molar-refractivity contribution < 1.29 is 17.3 Å². The summed E-state index contributed by atoms with van der Waals surface area (Å²) in [4.78, 5) is 0.0935. The first-order valence-electron chi connectivity index (χ1n) is 6.69. The SMILES string of the molecule is Cc1cc([C@H]2CCCN2S(=O)(=O)c2ccc(F)cc2)no1. The zero-order chi connectivity index (χ0) is 15.0. The Morgan fingerprint density at radius 2 is 2.05 bits per heavy atom. The highest BCUT2D eigenvalue weighted by atomic mass is 32.2. The minimum absolute atomic E-state index is 0.0935. The van der Waals surface area contributed by atoms with Crippen LogP contribution in [0.15, 0.2) is 39.8 Å². The molecule has 1 saturated heterocycles. The second kappa shape index (κ2) is 5.23. The van der Waals surface area contributed by atoms with Gasteiger partial charge in [0, 0.05) is 12.6 Å². The Hall–Kier alpha value is -1.73. The molecule has 112 valence electrons. The van der Waals surface area contributed by atoms with Crippen molar-refractivity contribution in [2.24, 2.45) is 0 Å². The summed E-state index contributed by atoms with van der Waals surface area (Å²) >= 11 is 0. The van der Waals surface area contributed by atoms with Crippen molar-refractivity contribution in [1.29, 1.82) is 0 Å².